The van der Waals surface area contributed by atoms with Crippen molar-refractivity contribution in [2.24, 2.45) is 5.92 Å². The van der Waals surface area contributed by atoms with E-state index in [2.05, 4.69) is 0 Å². The molecule has 0 aromatic carbocycles. The Morgan fingerprint density at radius 1 is 1.35 bits per heavy atom. The van der Waals surface area contributed by atoms with Crippen LogP contribution in [-0.2, 0) is 15.9 Å². The van der Waals surface area contributed by atoms with Gasteiger partial charge in [-0.15, -0.1) is 11.6 Å². The van der Waals surface area contributed by atoms with Crippen molar-refractivity contribution in [1.82, 2.24) is 4.31 Å². The lowest BCUT2D eigenvalue weighted by Crippen LogP contribution is -2.32. The van der Waals surface area contributed by atoms with E-state index < -0.39 is 10.0 Å². The van der Waals surface area contributed by atoms with E-state index in [1.165, 1.54) is 29.6 Å². The van der Waals surface area contributed by atoms with Crippen LogP contribution in [-0.4, -0.2) is 26.3 Å². The Hall–Kier alpha value is -0.520. The predicted octanol–water partition coefficient (Wildman–Crippen LogP) is 3.53. The van der Waals surface area contributed by atoms with Gasteiger partial charge in [-0.1, -0.05) is 19.3 Å². The van der Waals surface area contributed by atoms with Gasteiger partial charge in [0.15, 0.2) is 0 Å². The fourth-order valence-electron chi connectivity index (χ4n) is 2.85. The molecule has 1 aromatic heterocycles. The number of alkyl halides is 1. The van der Waals surface area contributed by atoms with Crippen LogP contribution in [0.25, 0.3) is 0 Å². The summed E-state index contributed by atoms with van der Waals surface area (Å²) in [5.74, 6) is 1.57. The third kappa shape index (κ3) is 3.38. The largest absolute Gasteiger partial charge is 0.464 e. The van der Waals surface area contributed by atoms with E-state index in [1.807, 2.05) is 0 Å². The van der Waals surface area contributed by atoms with E-state index >= 15 is 0 Å². The van der Waals surface area contributed by atoms with Gasteiger partial charge in [-0.3, -0.25) is 0 Å². The Morgan fingerprint density at radius 3 is 2.55 bits per heavy atom. The molecule has 0 radical (unpaired) electrons. The number of aryl methyl sites for hydroxylation is 1. The van der Waals surface area contributed by atoms with Gasteiger partial charge in [0.2, 0.25) is 10.0 Å². The summed E-state index contributed by atoms with van der Waals surface area (Å²) in [7, 11) is -1.83. The van der Waals surface area contributed by atoms with Crippen molar-refractivity contribution in [2.45, 2.75) is 49.8 Å². The van der Waals surface area contributed by atoms with Crippen molar-refractivity contribution in [3.63, 3.8) is 0 Å². The van der Waals surface area contributed by atoms with Crippen LogP contribution in [0.2, 0.25) is 0 Å². The zero-order valence-corrected chi connectivity index (χ0v) is 13.6. The average Bonchev–Trinajstić information content (AvgIpc) is 2.82. The first-order valence-corrected chi connectivity index (χ1v) is 9.04. The quantitative estimate of drug-likeness (QED) is 0.780. The first-order chi connectivity index (χ1) is 9.45. The first kappa shape index (κ1) is 15.9. The lowest BCUT2D eigenvalue weighted by Gasteiger charge is -2.26. The minimum absolute atomic E-state index is 0.183. The highest BCUT2D eigenvalue weighted by atomic mass is 35.5. The normalized spacial score (nSPS) is 17.8. The summed E-state index contributed by atoms with van der Waals surface area (Å²) in [5.41, 5.74) is 0. The van der Waals surface area contributed by atoms with Gasteiger partial charge >= 0.3 is 0 Å². The van der Waals surface area contributed by atoms with Gasteiger partial charge in [0.05, 0.1) is 5.88 Å². The summed E-state index contributed by atoms with van der Waals surface area (Å²) >= 11 is 5.70. The molecule has 0 aliphatic heterocycles. The number of hydrogen-bond acceptors (Lipinski definition) is 3. The summed E-state index contributed by atoms with van der Waals surface area (Å²) in [6, 6.07) is 1.54. The van der Waals surface area contributed by atoms with Crippen molar-refractivity contribution < 1.29 is 12.8 Å². The number of halogens is 1. The van der Waals surface area contributed by atoms with Crippen LogP contribution in [0.1, 0.15) is 43.6 Å². The number of rotatable bonds is 5. The monoisotopic (exact) mass is 319 g/mol. The Morgan fingerprint density at radius 2 is 2.00 bits per heavy atom. The summed E-state index contributed by atoms with van der Waals surface area (Å²) in [6.45, 7) is 2.25. The van der Waals surface area contributed by atoms with E-state index in [9.17, 15) is 8.42 Å². The molecule has 0 atom stereocenters. The molecule has 0 saturated heterocycles. The van der Waals surface area contributed by atoms with E-state index in [4.69, 9.17) is 16.0 Å². The molecule has 0 bridgehead atoms. The van der Waals surface area contributed by atoms with E-state index in [0.717, 1.165) is 12.8 Å². The summed E-state index contributed by atoms with van der Waals surface area (Å²) in [4.78, 5) is 0.242. The minimum Gasteiger partial charge on any atom is -0.464 e. The van der Waals surface area contributed by atoms with Gasteiger partial charge in [-0.05, 0) is 25.7 Å². The van der Waals surface area contributed by atoms with Crippen molar-refractivity contribution in [3.05, 3.63) is 17.6 Å². The van der Waals surface area contributed by atoms with Gasteiger partial charge in [-0.2, -0.15) is 0 Å². The first-order valence-electron chi connectivity index (χ1n) is 7.06. The van der Waals surface area contributed by atoms with Crippen LogP contribution < -0.4 is 0 Å². The predicted molar refractivity (Wildman–Crippen MR) is 79.4 cm³/mol. The van der Waals surface area contributed by atoms with Gasteiger partial charge in [-0.25, -0.2) is 12.7 Å². The molecular formula is C14H22ClNO3S. The molecule has 1 saturated carbocycles. The number of hydrogen-bond donors (Lipinski definition) is 0. The molecule has 0 amide bonds. The molecule has 1 heterocycles. The maximum Gasteiger partial charge on any atom is 0.246 e. The molecule has 20 heavy (non-hydrogen) atoms. The number of sulfonamides is 1. The minimum atomic E-state index is -3.48. The molecule has 2 rings (SSSR count). The van der Waals surface area contributed by atoms with Crippen LogP contribution in [0, 0.1) is 12.8 Å². The smallest absolute Gasteiger partial charge is 0.246 e. The Labute approximate surface area is 126 Å². The van der Waals surface area contributed by atoms with Gasteiger partial charge in [0.25, 0.3) is 0 Å². The Kier molecular flexibility index (Phi) is 5.15. The third-order valence-corrected chi connectivity index (χ3v) is 6.18. The SMILES string of the molecule is Cc1oc(CCl)cc1S(=O)(=O)N(C)CC1CCCCC1. The molecule has 114 valence electrons. The molecule has 4 nitrogen and oxygen atoms in total. The summed E-state index contributed by atoms with van der Waals surface area (Å²) in [5, 5.41) is 0. The maximum absolute atomic E-state index is 12.6. The second-order valence-corrected chi connectivity index (χ2v) is 7.84. The summed E-state index contributed by atoms with van der Waals surface area (Å²) in [6.07, 6.45) is 5.93. The van der Waals surface area contributed by atoms with Crippen molar-refractivity contribution in [3.8, 4) is 0 Å². The zero-order valence-electron chi connectivity index (χ0n) is 12.1. The molecular weight excluding hydrogens is 298 g/mol. The van der Waals surface area contributed by atoms with E-state index in [1.54, 1.807) is 14.0 Å². The molecule has 1 aliphatic rings. The Bertz CT molecular complexity index is 547. The highest BCUT2D eigenvalue weighted by Gasteiger charge is 2.28. The molecule has 0 N–H and O–H groups in total. The topological polar surface area (TPSA) is 50.5 Å². The van der Waals surface area contributed by atoms with Crippen LogP contribution >= 0.6 is 11.6 Å². The number of furan rings is 1. The third-order valence-electron chi connectivity index (χ3n) is 3.98. The average molecular weight is 320 g/mol. The van der Waals surface area contributed by atoms with Crippen LogP contribution in [0.15, 0.2) is 15.4 Å². The highest BCUT2D eigenvalue weighted by molar-refractivity contribution is 7.89. The van der Waals surface area contributed by atoms with Gasteiger partial charge < -0.3 is 4.42 Å². The van der Waals surface area contributed by atoms with Crippen molar-refractivity contribution in [1.29, 1.82) is 0 Å². The number of nitrogens with zero attached hydrogens (tertiary/aromatic N) is 1. The van der Waals surface area contributed by atoms with Gasteiger partial charge in [0.1, 0.15) is 16.4 Å². The standard InChI is InChI=1S/C14H22ClNO3S/c1-11-14(8-13(9-15)19-11)20(17,18)16(2)10-12-6-4-3-5-7-12/h8,12H,3-7,9-10H2,1-2H3. The molecule has 1 aliphatic carbocycles. The van der Waals surface area contributed by atoms with Crippen LogP contribution in [0.3, 0.4) is 0 Å². The summed E-state index contributed by atoms with van der Waals surface area (Å²) < 4.78 is 32.0. The fourth-order valence-corrected chi connectivity index (χ4v) is 4.41. The second kappa shape index (κ2) is 6.50. The van der Waals surface area contributed by atoms with Crippen LogP contribution in [0.5, 0.6) is 0 Å². The molecule has 1 fully saturated rings. The van der Waals surface area contributed by atoms with Crippen molar-refractivity contribution in [2.75, 3.05) is 13.6 Å². The highest BCUT2D eigenvalue weighted by Crippen LogP contribution is 2.28. The van der Waals surface area contributed by atoms with Gasteiger partial charge in [0, 0.05) is 19.7 Å². The second-order valence-electron chi connectivity index (χ2n) is 5.56. The molecule has 1 aromatic rings. The van der Waals surface area contributed by atoms with E-state index in [-0.39, 0.29) is 10.8 Å². The Balaban J connectivity index is 2.13. The lowest BCUT2D eigenvalue weighted by atomic mass is 9.89. The molecule has 0 spiro atoms. The van der Waals surface area contributed by atoms with Crippen LogP contribution in [0.4, 0.5) is 0 Å². The molecule has 0 unspecified atom stereocenters. The van der Waals surface area contributed by atoms with Crippen molar-refractivity contribution >= 4 is 21.6 Å². The maximum atomic E-state index is 12.6. The molecule has 6 heteroatoms. The fraction of sp³-hybridized carbons (Fsp3) is 0.714. The zero-order chi connectivity index (χ0) is 14.8. The lowest BCUT2D eigenvalue weighted by molar-refractivity contribution is 0.300. The van der Waals surface area contributed by atoms with E-state index in [0.29, 0.717) is 24.0 Å².